The van der Waals surface area contributed by atoms with Crippen molar-refractivity contribution in [2.45, 2.75) is 0 Å². The normalized spacial score (nSPS) is 13.2. The van der Waals surface area contributed by atoms with Gasteiger partial charge in [-0.25, -0.2) is 8.88 Å². The minimum absolute atomic E-state index is 1.18. The van der Waals surface area contributed by atoms with Gasteiger partial charge in [0.2, 0.25) is 0 Å². The van der Waals surface area contributed by atoms with Crippen LogP contribution in [0.5, 0.6) is 0 Å². The van der Waals surface area contributed by atoms with Crippen molar-refractivity contribution >= 4 is 26.3 Å². The first kappa shape index (κ1) is 13.7. The monoisotopic (exact) mass is 250 g/mol. The van der Waals surface area contributed by atoms with Crippen LogP contribution in [0.25, 0.3) is 0 Å². The zero-order valence-corrected chi connectivity index (χ0v) is 10.4. The molecule has 0 aliphatic rings. The molecule has 9 heteroatoms. The Morgan fingerprint density at radius 1 is 0.923 bits per heavy atom. The predicted octanol–water partition coefficient (Wildman–Crippen LogP) is 1.92. The SMILES string of the molecule is COP(=O)(OC)OP(=S)(OC)OC. The van der Waals surface area contributed by atoms with E-state index in [9.17, 15) is 4.57 Å². The van der Waals surface area contributed by atoms with Gasteiger partial charge in [0.25, 0.3) is 0 Å². The molecule has 0 rings (SSSR count). The Balaban J connectivity index is 4.57. The Morgan fingerprint density at radius 3 is 1.54 bits per heavy atom. The van der Waals surface area contributed by atoms with Gasteiger partial charge in [-0.1, -0.05) is 0 Å². The van der Waals surface area contributed by atoms with E-state index < -0.39 is 14.5 Å². The van der Waals surface area contributed by atoms with E-state index in [1.54, 1.807) is 0 Å². The summed E-state index contributed by atoms with van der Waals surface area (Å²) in [5.41, 5.74) is 0. The highest BCUT2D eigenvalue weighted by atomic mass is 32.5. The summed E-state index contributed by atoms with van der Waals surface area (Å²) in [5, 5.41) is 0. The van der Waals surface area contributed by atoms with Gasteiger partial charge in [-0.2, -0.15) is 0 Å². The summed E-state index contributed by atoms with van der Waals surface area (Å²) in [6.07, 6.45) is 0. The highest BCUT2D eigenvalue weighted by molar-refractivity contribution is 8.08. The summed E-state index contributed by atoms with van der Waals surface area (Å²) in [6, 6.07) is 0. The summed E-state index contributed by atoms with van der Waals surface area (Å²) >= 11 is 4.80. The Kier molecular flexibility index (Phi) is 5.82. The maximum atomic E-state index is 11.4. The first-order chi connectivity index (χ1) is 5.95. The fourth-order valence-corrected chi connectivity index (χ4v) is 3.48. The third-order valence-electron chi connectivity index (χ3n) is 1.09. The molecule has 0 atom stereocenters. The molecule has 6 nitrogen and oxygen atoms in total. The van der Waals surface area contributed by atoms with E-state index in [2.05, 4.69) is 9.05 Å². The van der Waals surface area contributed by atoms with E-state index in [1.807, 2.05) is 0 Å². The standard InChI is InChI=1S/C4H12O6P2S/c1-6-11(5,7-2)10-12(13,8-3)9-4/h1-4H3. The maximum Gasteiger partial charge on any atom is 0.481 e. The molecule has 0 heterocycles. The van der Waals surface area contributed by atoms with Gasteiger partial charge in [0.05, 0.1) is 0 Å². The van der Waals surface area contributed by atoms with Crippen molar-refractivity contribution in [3.63, 3.8) is 0 Å². The van der Waals surface area contributed by atoms with Gasteiger partial charge < -0.3 is 9.05 Å². The van der Waals surface area contributed by atoms with Crippen LogP contribution in [0.2, 0.25) is 0 Å². The Hall–Kier alpha value is 0.680. The van der Waals surface area contributed by atoms with Crippen LogP contribution in [0, 0.1) is 0 Å². The first-order valence-corrected chi connectivity index (χ1v) is 7.11. The second-order valence-electron chi connectivity index (χ2n) is 1.71. The van der Waals surface area contributed by atoms with E-state index in [0.29, 0.717) is 0 Å². The topological polar surface area (TPSA) is 63.2 Å². The van der Waals surface area contributed by atoms with Gasteiger partial charge in [-0.05, 0) is 11.8 Å². The molecule has 0 fully saturated rings. The van der Waals surface area contributed by atoms with Crippen molar-refractivity contribution in [1.82, 2.24) is 0 Å². The molecule has 0 aliphatic carbocycles. The van der Waals surface area contributed by atoms with Gasteiger partial charge in [0, 0.05) is 28.4 Å². The van der Waals surface area contributed by atoms with Crippen molar-refractivity contribution in [2.75, 3.05) is 28.4 Å². The molecule has 0 N–H and O–H groups in total. The lowest BCUT2D eigenvalue weighted by atomic mass is 11.8. The van der Waals surface area contributed by atoms with Gasteiger partial charge >= 0.3 is 14.5 Å². The fourth-order valence-electron chi connectivity index (χ4n) is 0.405. The lowest BCUT2D eigenvalue weighted by molar-refractivity contribution is 0.185. The van der Waals surface area contributed by atoms with Crippen molar-refractivity contribution < 1.29 is 27.0 Å². The van der Waals surface area contributed by atoms with Gasteiger partial charge in [0.15, 0.2) is 0 Å². The average Bonchev–Trinajstić information content (AvgIpc) is 2.17. The molecule has 0 aliphatic heterocycles. The minimum atomic E-state index is -3.64. The molecule has 13 heavy (non-hydrogen) atoms. The summed E-state index contributed by atoms with van der Waals surface area (Å²) in [5.74, 6) is 0. The number of hydrogen-bond acceptors (Lipinski definition) is 7. The number of phosphoric ester groups is 1. The molecule has 0 bridgehead atoms. The average molecular weight is 250 g/mol. The number of hydrogen-bond donors (Lipinski definition) is 0. The van der Waals surface area contributed by atoms with Crippen molar-refractivity contribution in [2.24, 2.45) is 0 Å². The highest BCUT2D eigenvalue weighted by Gasteiger charge is 2.33. The van der Waals surface area contributed by atoms with Crippen LogP contribution in [0.3, 0.4) is 0 Å². The second-order valence-corrected chi connectivity index (χ2v) is 6.95. The molecule has 0 amide bonds. The van der Waals surface area contributed by atoms with Gasteiger partial charge in [-0.3, -0.25) is 9.05 Å². The second kappa shape index (κ2) is 5.53. The van der Waals surface area contributed by atoms with Gasteiger partial charge in [-0.15, -0.1) is 0 Å². The molecule has 0 spiro atoms. The van der Waals surface area contributed by atoms with Crippen LogP contribution in [-0.4, -0.2) is 28.4 Å². The van der Waals surface area contributed by atoms with Crippen LogP contribution in [0.15, 0.2) is 0 Å². The number of rotatable bonds is 6. The maximum absolute atomic E-state index is 11.4. The van der Waals surface area contributed by atoms with Crippen molar-refractivity contribution in [3.05, 3.63) is 0 Å². The van der Waals surface area contributed by atoms with Crippen LogP contribution in [0.4, 0.5) is 0 Å². The summed E-state index contributed by atoms with van der Waals surface area (Å²) < 4.78 is 34.7. The van der Waals surface area contributed by atoms with E-state index >= 15 is 0 Å². The Bertz CT molecular complexity index is 203. The zero-order valence-electron chi connectivity index (χ0n) is 7.75. The van der Waals surface area contributed by atoms with Crippen molar-refractivity contribution in [3.8, 4) is 0 Å². The lowest BCUT2D eigenvalue weighted by Crippen LogP contribution is -1.96. The molecule has 0 aromatic heterocycles. The third-order valence-corrected chi connectivity index (χ3v) is 5.98. The Labute approximate surface area is 82.3 Å². The first-order valence-electron chi connectivity index (χ1n) is 3.09. The smallest absolute Gasteiger partial charge is 0.312 e. The largest absolute Gasteiger partial charge is 0.481 e. The zero-order chi connectivity index (χ0) is 10.5. The molecular formula is C4H12O6P2S. The van der Waals surface area contributed by atoms with Crippen LogP contribution < -0.4 is 0 Å². The Morgan fingerprint density at radius 2 is 1.31 bits per heavy atom. The van der Waals surface area contributed by atoms with Crippen molar-refractivity contribution in [1.29, 1.82) is 0 Å². The number of phosphoric acid groups is 1. The lowest BCUT2D eigenvalue weighted by Gasteiger charge is -2.20. The molecule has 0 unspecified atom stereocenters. The van der Waals surface area contributed by atoms with E-state index in [1.165, 1.54) is 28.4 Å². The molecule has 0 aromatic carbocycles. The van der Waals surface area contributed by atoms with Crippen LogP contribution >= 0.6 is 14.5 Å². The van der Waals surface area contributed by atoms with Crippen LogP contribution in [0.1, 0.15) is 0 Å². The highest BCUT2D eigenvalue weighted by Crippen LogP contribution is 2.64. The van der Waals surface area contributed by atoms with E-state index in [4.69, 9.17) is 25.2 Å². The minimum Gasteiger partial charge on any atom is -0.312 e. The summed E-state index contributed by atoms with van der Waals surface area (Å²) in [6.45, 7) is -3.02. The summed E-state index contributed by atoms with van der Waals surface area (Å²) in [7, 11) is 1.29. The molecule has 0 saturated heterocycles. The molecule has 0 radical (unpaired) electrons. The summed E-state index contributed by atoms with van der Waals surface area (Å²) in [4.78, 5) is 0. The molecule has 0 aromatic rings. The molecule has 0 saturated carbocycles. The fraction of sp³-hybridized carbons (Fsp3) is 1.00. The molecular weight excluding hydrogens is 238 g/mol. The van der Waals surface area contributed by atoms with E-state index in [-0.39, 0.29) is 0 Å². The predicted molar refractivity (Wildman–Crippen MR) is 51.0 cm³/mol. The quantitative estimate of drug-likeness (QED) is 0.667. The van der Waals surface area contributed by atoms with E-state index in [0.717, 1.165) is 0 Å². The van der Waals surface area contributed by atoms with Gasteiger partial charge in [0.1, 0.15) is 0 Å². The molecule has 80 valence electrons. The third kappa shape index (κ3) is 4.14. The van der Waals surface area contributed by atoms with Crippen LogP contribution in [-0.2, 0) is 38.8 Å².